The Balaban J connectivity index is 0. The van der Waals surface area contributed by atoms with Crippen LogP contribution in [0, 0.1) is 0 Å². The lowest BCUT2D eigenvalue weighted by molar-refractivity contribution is 0.174. The number of alkyl halides is 1. The highest BCUT2D eigenvalue weighted by Gasteiger charge is 2.14. The van der Waals surface area contributed by atoms with E-state index < -0.39 is 6.17 Å². The Labute approximate surface area is 77.0 Å². The van der Waals surface area contributed by atoms with Gasteiger partial charge in [-0.3, -0.25) is 0 Å². The summed E-state index contributed by atoms with van der Waals surface area (Å²) >= 11 is 0. The number of likely N-dealkylation sites (tertiary alicyclic amines) is 1. The molecule has 1 saturated heterocycles. The second kappa shape index (κ2) is 10.9. The summed E-state index contributed by atoms with van der Waals surface area (Å²) in [5, 5.41) is 0. The van der Waals surface area contributed by atoms with Gasteiger partial charge in [-0.1, -0.05) is 27.7 Å². The minimum Gasteiger partial charge on any atom is -0.306 e. The topological polar surface area (TPSA) is 3.24 Å². The van der Waals surface area contributed by atoms with Gasteiger partial charge >= 0.3 is 0 Å². The Bertz CT molecular complexity index is 58.2. The fourth-order valence-corrected chi connectivity index (χ4v) is 0.977. The molecule has 0 aromatic heterocycles. The summed E-state index contributed by atoms with van der Waals surface area (Å²) in [7, 11) is 2.03. The minimum atomic E-state index is -0.522. The number of nitrogens with zero attached hydrogens (tertiary/aromatic N) is 1. The Hall–Kier alpha value is -0.110. The van der Waals surface area contributed by atoms with Crippen molar-refractivity contribution in [3.05, 3.63) is 0 Å². The van der Waals surface area contributed by atoms with Crippen LogP contribution in [-0.4, -0.2) is 31.2 Å². The van der Waals surface area contributed by atoms with Gasteiger partial charge in [0.2, 0.25) is 0 Å². The molecule has 76 valence electrons. The van der Waals surface area contributed by atoms with Crippen molar-refractivity contribution in [2.24, 2.45) is 0 Å². The zero-order valence-electron chi connectivity index (χ0n) is 9.23. The molecule has 0 atom stereocenters. The van der Waals surface area contributed by atoms with Gasteiger partial charge in [-0.05, 0) is 19.9 Å². The average molecular weight is 177 g/mol. The van der Waals surface area contributed by atoms with Crippen molar-refractivity contribution in [2.75, 3.05) is 20.1 Å². The molecule has 1 rings (SSSR count). The standard InChI is InChI=1S/C6H12FN.2C2H6/c1-8-4-2-6(7)3-5-8;2*1-2/h6H,2-5H2,1H3;2*1-2H3. The van der Waals surface area contributed by atoms with Gasteiger partial charge in [0.05, 0.1) is 0 Å². The lowest BCUT2D eigenvalue weighted by Crippen LogP contribution is -2.30. The Kier molecular flexibility index (Phi) is 13.1. The summed E-state index contributed by atoms with van der Waals surface area (Å²) < 4.78 is 12.3. The molecule has 0 saturated carbocycles. The molecule has 1 aliphatic heterocycles. The van der Waals surface area contributed by atoms with Crippen molar-refractivity contribution >= 4 is 0 Å². The Morgan fingerprint density at radius 1 is 1.00 bits per heavy atom. The number of hydrogen-bond acceptors (Lipinski definition) is 1. The number of halogens is 1. The molecule has 0 bridgehead atoms. The van der Waals surface area contributed by atoms with Crippen LogP contribution in [0.1, 0.15) is 40.5 Å². The highest BCUT2D eigenvalue weighted by Crippen LogP contribution is 2.10. The van der Waals surface area contributed by atoms with Crippen molar-refractivity contribution < 1.29 is 4.39 Å². The molecule has 12 heavy (non-hydrogen) atoms. The molecule has 0 unspecified atom stereocenters. The first kappa shape index (κ1) is 14.4. The van der Waals surface area contributed by atoms with E-state index in [9.17, 15) is 4.39 Å². The SMILES string of the molecule is CC.CC.CN1CCC(F)CC1. The van der Waals surface area contributed by atoms with Gasteiger partial charge in [0, 0.05) is 13.1 Å². The molecule has 0 amide bonds. The number of piperidine rings is 1. The number of hydrogen-bond donors (Lipinski definition) is 0. The van der Waals surface area contributed by atoms with E-state index in [2.05, 4.69) is 4.90 Å². The molecule has 0 radical (unpaired) electrons. The van der Waals surface area contributed by atoms with Gasteiger partial charge in [0.25, 0.3) is 0 Å². The van der Waals surface area contributed by atoms with E-state index in [-0.39, 0.29) is 0 Å². The largest absolute Gasteiger partial charge is 0.306 e. The quantitative estimate of drug-likeness (QED) is 0.549. The van der Waals surface area contributed by atoms with Crippen molar-refractivity contribution in [1.29, 1.82) is 0 Å². The predicted octanol–water partition coefficient (Wildman–Crippen LogP) is 3.10. The Morgan fingerprint density at radius 3 is 1.58 bits per heavy atom. The molecule has 0 spiro atoms. The molecule has 1 nitrogen and oxygen atoms in total. The molecule has 0 aromatic carbocycles. The van der Waals surface area contributed by atoms with Crippen LogP contribution < -0.4 is 0 Å². The van der Waals surface area contributed by atoms with Gasteiger partial charge in [-0.2, -0.15) is 0 Å². The van der Waals surface area contributed by atoms with E-state index in [0.29, 0.717) is 0 Å². The normalized spacial score (nSPS) is 18.5. The third-order valence-corrected chi connectivity index (χ3v) is 1.65. The van der Waals surface area contributed by atoms with E-state index in [1.807, 2.05) is 34.7 Å². The van der Waals surface area contributed by atoms with Crippen LogP contribution >= 0.6 is 0 Å². The lowest BCUT2D eigenvalue weighted by atomic mass is 10.1. The molecule has 0 N–H and O–H groups in total. The lowest BCUT2D eigenvalue weighted by Gasteiger charge is -2.23. The van der Waals surface area contributed by atoms with Gasteiger partial charge in [-0.25, -0.2) is 4.39 Å². The zero-order chi connectivity index (χ0) is 9.98. The van der Waals surface area contributed by atoms with Crippen LogP contribution in [0.2, 0.25) is 0 Å². The second-order valence-corrected chi connectivity index (χ2v) is 2.48. The highest BCUT2D eigenvalue weighted by atomic mass is 19.1. The van der Waals surface area contributed by atoms with E-state index >= 15 is 0 Å². The van der Waals surface area contributed by atoms with Crippen molar-refractivity contribution in [2.45, 2.75) is 46.7 Å². The molecule has 2 heteroatoms. The summed E-state index contributed by atoms with van der Waals surface area (Å²) in [5.41, 5.74) is 0. The van der Waals surface area contributed by atoms with Gasteiger partial charge in [0.15, 0.2) is 0 Å². The van der Waals surface area contributed by atoms with E-state index in [4.69, 9.17) is 0 Å². The molecule has 1 aliphatic rings. The average Bonchev–Trinajstić information content (AvgIpc) is 2.17. The first-order valence-electron chi connectivity index (χ1n) is 5.11. The van der Waals surface area contributed by atoms with Crippen LogP contribution in [0.3, 0.4) is 0 Å². The predicted molar refractivity (Wildman–Crippen MR) is 54.3 cm³/mol. The van der Waals surface area contributed by atoms with Crippen molar-refractivity contribution in [1.82, 2.24) is 4.90 Å². The summed E-state index contributed by atoms with van der Waals surface area (Å²) in [6.45, 7) is 9.86. The van der Waals surface area contributed by atoms with E-state index in [1.54, 1.807) is 0 Å². The van der Waals surface area contributed by atoms with Crippen molar-refractivity contribution in [3.63, 3.8) is 0 Å². The van der Waals surface area contributed by atoms with Gasteiger partial charge in [-0.15, -0.1) is 0 Å². The maximum atomic E-state index is 12.3. The van der Waals surface area contributed by atoms with E-state index in [0.717, 1.165) is 25.9 Å². The van der Waals surface area contributed by atoms with Crippen LogP contribution in [0.5, 0.6) is 0 Å². The third-order valence-electron chi connectivity index (χ3n) is 1.65. The fraction of sp³-hybridized carbons (Fsp3) is 1.00. The molecular formula is C10H24FN. The highest BCUT2D eigenvalue weighted by molar-refractivity contribution is 4.67. The minimum absolute atomic E-state index is 0.522. The molecular weight excluding hydrogens is 153 g/mol. The molecule has 1 heterocycles. The monoisotopic (exact) mass is 177 g/mol. The smallest absolute Gasteiger partial charge is 0.103 e. The second-order valence-electron chi connectivity index (χ2n) is 2.48. The number of rotatable bonds is 0. The first-order chi connectivity index (χ1) is 5.79. The molecule has 1 fully saturated rings. The summed E-state index contributed by atoms with van der Waals surface area (Å²) in [5.74, 6) is 0. The molecule has 0 aliphatic carbocycles. The Morgan fingerprint density at radius 2 is 1.33 bits per heavy atom. The zero-order valence-corrected chi connectivity index (χ0v) is 9.23. The third kappa shape index (κ3) is 7.99. The maximum absolute atomic E-state index is 12.3. The van der Waals surface area contributed by atoms with Crippen LogP contribution in [0.4, 0.5) is 4.39 Å². The van der Waals surface area contributed by atoms with Crippen LogP contribution in [0.15, 0.2) is 0 Å². The van der Waals surface area contributed by atoms with Gasteiger partial charge < -0.3 is 4.90 Å². The summed E-state index contributed by atoms with van der Waals surface area (Å²) in [4.78, 5) is 2.16. The molecule has 0 aromatic rings. The maximum Gasteiger partial charge on any atom is 0.103 e. The fourth-order valence-electron chi connectivity index (χ4n) is 0.977. The van der Waals surface area contributed by atoms with Crippen LogP contribution in [-0.2, 0) is 0 Å². The van der Waals surface area contributed by atoms with Crippen molar-refractivity contribution in [3.8, 4) is 0 Å². The summed E-state index contributed by atoms with van der Waals surface area (Å²) in [6.07, 6.45) is 0.943. The van der Waals surface area contributed by atoms with Gasteiger partial charge in [0.1, 0.15) is 6.17 Å². The first-order valence-corrected chi connectivity index (χ1v) is 5.11. The van der Waals surface area contributed by atoms with Crippen LogP contribution in [0.25, 0.3) is 0 Å². The van der Waals surface area contributed by atoms with E-state index in [1.165, 1.54) is 0 Å². The summed E-state index contributed by atoms with van der Waals surface area (Å²) in [6, 6.07) is 0.